The Morgan fingerprint density at radius 1 is 1.07 bits per heavy atom. The predicted octanol–water partition coefficient (Wildman–Crippen LogP) is 1.06. The third-order valence-electron chi connectivity index (χ3n) is 4.70. The fraction of sp³-hybridized carbons (Fsp3) is 0.529. The summed E-state index contributed by atoms with van der Waals surface area (Å²) in [5.41, 5.74) is 0.929. The van der Waals surface area contributed by atoms with Gasteiger partial charge in [0.2, 0.25) is 10.0 Å². The van der Waals surface area contributed by atoms with E-state index in [9.17, 15) is 8.42 Å². The standard InChI is InChI=1S/C17H23N7O3S/c1-17(2,3)16-19-18-14-4-5-15(20-24(14)16)22-7-9-23(10-8-22)28(25,26)12-13-6-11-27-21-13/h4-6,11H,7-10,12H2,1-3H3. The van der Waals surface area contributed by atoms with Crippen molar-refractivity contribution in [3.63, 3.8) is 0 Å². The van der Waals surface area contributed by atoms with Crippen molar-refractivity contribution in [1.82, 2.24) is 29.3 Å². The van der Waals surface area contributed by atoms with Crippen molar-refractivity contribution in [2.75, 3.05) is 31.1 Å². The van der Waals surface area contributed by atoms with Gasteiger partial charge < -0.3 is 9.42 Å². The zero-order chi connectivity index (χ0) is 19.9. The fourth-order valence-electron chi connectivity index (χ4n) is 3.20. The Morgan fingerprint density at radius 3 is 2.46 bits per heavy atom. The Kier molecular flexibility index (Phi) is 4.58. The second kappa shape index (κ2) is 6.82. The van der Waals surface area contributed by atoms with Crippen molar-refractivity contribution in [2.24, 2.45) is 0 Å². The topological polar surface area (TPSA) is 110 Å². The molecule has 10 nitrogen and oxygen atoms in total. The Hall–Kier alpha value is -2.53. The molecule has 0 aromatic carbocycles. The second-order valence-electron chi connectivity index (χ2n) is 7.87. The molecule has 0 N–H and O–H groups in total. The highest BCUT2D eigenvalue weighted by atomic mass is 32.2. The van der Waals surface area contributed by atoms with Gasteiger partial charge in [-0.05, 0) is 12.1 Å². The van der Waals surface area contributed by atoms with Gasteiger partial charge in [0.1, 0.15) is 17.8 Å². The van der Waals surface area contributed by atoms with Crippen molar-refractivity contribution in [1.29, 1.82) is 0 Å². The third-order valence-corrected chi connectivity index (χ3v) is 6.51. The lowest BCUT2D eigenvalue weighted by Gasteiger charge is -2.34. The Bertz CT molecular complexity index is 1060. The second-order valence-corrected chi connectivity index (χ2v) is 9.84. The molecule has 3 aromatic heterocycles. The summed E-state index contributed by atoms with van der Waals surface area (Å²) >= 11 is 0. The van der Waals surface area contributed by atoms with Gasteiger partial charge >= 0.3 is 0 Å². The maximum atomic E-state index is 12.6. The molecule has 150 valence electrons. The average Bonchev–Trinajstić information content (AvgIpc) is 3.29. The lowest BCUT2D eigenvalue weighted by Crippen LogP contribution is -2.49. The molecule has 28 heavy (non-hydrogen) atoms. The van der Waals surface area contributed by atoms with E-state index in [-0.39, 0.29) is 11.2 Å². The van der Waals surface area contributed by atoms with Crippen molar-refractivity contribution in [2.45, 2.75) is 31.9 Å². The number of anilines is 1. The van der Waals surface area contributed by atoms with Crippen LogP contribution in [0.1, 0.15) is 32.3 Å². The average molecular weight is 405 g/mol. The van der Waals surface area contributed by atoms with Gasteiger partial charge in [0.05, 0.1) is 5.69 Å². The van der Waals surface area contributed by atoms with Crippen LogP contribution >= 0.6 is 0 Å². The molecule has 0 unspecified atom stereocenters. The van der Waals surface area contributed by atoms with Crippen LogP contribution in [0.25, 0.3) is 5.65 Å². The smallest absolute Gasteiger partial charge is 0.220 e. The summed E-state index contributed by atoms with van der Waals surface area (Å²) in [6.45, 7) is 8.11. The monoisotopic (exact) mass is 405 g/mol. The van der Waals surface area contributed by atoms with E-state index in [1.54, 1.807) is 10.6 Å². The molecule has 0 atom stereocenters. The number of rotatable bonds is 4. The number of sulfonamides is 1. The van der Waals surface area contributed by atoms with E-state index in [2.05, 4.69) is 41.0 Å². The molecule has 0 saturated carbocycles. The normalized spacial score (nSPS) is 16.8. The Labute approximate surface area is 163 Å². The highest BCUT2D eigenvalue weighted by molar-refractivity contribution is 7.88. The summed E-state index contributed by atoms with van der Waals surface area (Å²) in [7, 11) is -3.43. The van der Waals surface area contributed by atoms with Crippen LogP contribution in [0.4, 0.5) is 5.82 Å². The van der Waals surface area contributed by atoms with Crippen molar-refractivity contribution in [3.8, 4) is 0 Å². The van der Waals surface area contributed by atoms with Crippen LogP contribution in [0, 0.1) is 0 Å². The molecular weight excluding hydrogens is 382 g/mol. The lowest BCUT2D eigenvalue weighted by atomic mass is 9.96. The van der Waals surface area contributed by atoms with Crippen LogP contribution in [0.5, 0.6) is 0 Å². The molecule has 4 rings (SSSR count). The molecule has 1 aliphatic heterocycles. The summed E-state index contributed by atoms with van der Waals surface area (Å²) in [6.07, 6.45) is 1.38. The molecule has 11 heteroatoms. The van der Waals surface area contributed by atoms with Crippen molar-refractivity contribution in [3.05, 3.63) is 36.0 Å². The molecule has 1 fully saturated rings. The number of aromatic nitrogens is 5. The number of hydrogen-bond donors (Lipinski definition) is 0. The number of fused-ring (bicyclic) bond motifs is 1. The first-order chi connectivity index (χ1) is 13.2. The summed E-state index contributed by atoms with van der Waals surface area (Å²) in [6, 6.07) is 5.35. The van der Waals surface area contributed by atoms with Gasteiger partial charge in [-0.15, -0.1) is 15.3 Å². The molecule has 1 aliphatic rings. The van der Waals surface area contributed by atoms with Gasteiger partial charge in [-0.3, -0.25) is 0 Å². The van der Waals surface area contributed by atoms with Crippen LogP contribution in [0.2, 0.25) is 0 Å². The number of hydrogen-bond acceptors (Lipinski definition) is 8. The quantitative estimate of drug-likeness (QED) is 0.634. The molecular formula is C17H23N7O3S. The largest absolute Gasteiger partial charge is 0.364 e. The van der Waals surface area contributed by atoms with E-state index in [0.717, 1.165) is 11.6 Å². The summed E-state index contributed by atoms with van der Waals surface area (Å²) < 4.78 is 33.1. The van der Waals surface area contributed by atoms with Crippen molar-refractivity contribution >= 4 is 21.5 Å². The first kappa shape index (κ1) is 18.8. The van der Waals surface area contributed by atoms with Gasteiger partial charge in [0.15, 0.2) is 11.5 Å². The highest BCUT2D eigenvalue weighted by Crippen LogP contribution is 2.22. The van der Waals surface area contributed by atoms with Crippen LogP contribution < -0.4 is 4.90 Å². The number of nitrogens with zero attached hydrogens (tertiary/aromatic N) is 7. The summed E-state index contributed by atoms with van der Waals surface area (Å²) in [5, 5.41) is 16.8. The minimum absolute atomic E-state index is 0.149. The minimum atomic E-state index is -3.43. The molecule has 0 aliphatic carbocycles. The van der Waals surface area contributed by atoms with Gasteiger partial charge in [-0.2, -0.15) is 8.82 Å². The third kappa shape index (κ3) is 3.59. The van der Waals surface area contributed by atoms with Gasteiger partial charge in [-0.1, -0.05) is 25.9 Å². The van der Waals surface area contributed by atoms with E-state index < -0.39 is 10.0 Å². The van der Waals surface area contributed by atoms with E-state index in [4.69, 9.17) is 9.62 Å². The SMILES string of the molecule is CC(C)(C)c1nnc2ccc(N3CCN(S(=O)(=O)Cc4ccon4)CC3)nn12. The number of piperazine rings is 1. The Morgan fingerprint density at radius 2 is 1.82 bits per heavy atom. The molecule has 0 amide bonds. The van der Waals surface area contributed by atoms with E-state index in [0.29, 0.717) is 37.5 Å². The zero-order valence-electron chi connectivity index (χ0n) is 16.1. The highest BCUT2D eigenvalue weighted by Gasteiger charge is 2.29. The molecule has 4 heterocycles. The lowest BCUT2D eigenvalue weighted by molar-refractivity contribution is 0.380. The molecule has 0 radical (unpaired) electrons. The maximum Gasteiger partial charge on any atom is 0.220 e. The van der Waals surface area contributed by atoms with Crippen LogP contribution in [0.3, 0.4) is 0 Å². The van der Waals surface area contributed by atoms with Crippen LogP contribution in [0.15, 0.2) is 29.0 Å². The zero-order valence-corrected chi connectivity index (χ0v) is 16.9. The molecule has 1 saturated heterocycles. The van der Waals surface area contributed by atoms with Crippen LogP contribution in [-0.2, 0) is 21.2 Å². The fourth-order valence-corrected chi connectivity index (χ4v) is 4.63. The molecule has 0 bridgehead atoms. The van der Waals surface area contributed by atoms with Gasteiger partial charge in [0.25, 0.3) is 0 Å². The summed E-state index contributed by atoms with van der Waals surface area (Å²) in [5.74, 6) is 1.42. The summed E-state index contributed by atoms with van der Waals surface area (Å²) in [4.78, 5) is 2.08. The Balaban J connectivity index is 1.49. The minimum Gasteiger partial charge on any atom is -0.364 e. The van der Waals surface area contributed by atoms with Gasteiger partial charge in [-0.25, -0.2) is 8.42 Å². The van der Waals surface area contributed by atoms with E-state index in [1.807, 2.05) is 12.1 Å². The predicted molar refractivity (Wildman–Crippen MR) is 102 cm³/mol. The van der Waals surface area contributed by atoms with E-state index in [1.165, 1.54) is 10.6 Å². The first-order valence-electron chi connectivity index (χ1n) is 9.09. The molecule has 3 aromatic rings. The maximum absolute atomic E-state index is 12.6. The van der Waals surface area contributed by atoms with Gasteiger partial charge in [0, 0.05) is 37.7 Å². The first-order valence-corrected chi connectivity index (χ1v) is 10.7. The molecule has 0 spiro atoms. The van der Waals surface area contributed by atoms with E-state index >= 15 is 0 Å². The van der Waals surface area contributed by atoms with Crippen molar-refractivity contribution < 1.29 is 12.9 Å². The van der Waals surface area contributed by atoms with Crippen LogP contribution in [-0.4, -0.2) is 63.9 Å².